The van der Waals surface area contributed by atoms with Crippen LogP contribution in [0.3, 0.4) is 0 Å². The van der Waals surface area contributed by atoms with Crippen LogP contribution in [0.1, 0.15) is 64.5 Å². The van der Waals surface area contributed by atoms with Gasteiger partial charge in [0.05, 0.1) is 30.8 Å². The van der Waals surface area contributed by atoms with Crippen molar-refractivity contribution in [1.82, 2.24) is 0 Å². The summed E-state index contributed by atoms with van der Waals surface area (Å²) in [4.78, 5) is 43.4. The molecule has 2 N–H and O–H groups in total. The van der Waals surface area contributed by atoms with Gasteiger partial charge >= 0.3 is 18.0 Å². The van der Waals surface area contributed by atoms with Gasteiger partial charge in [-0.05, 0) is 26.2 Å². The molecular formula is C26H33F6N7O8. The van der Waals surface area contributed by atoms with Crippen molar-refractivity contribution < 1.29 is 46.0 Å². The first-order chi connectivity index (χ1) is 21.7. The van der Waals surface area contributed by atoms with E-state index in [-0.39, 0.29) is 37.9 Å². The summed E-state index contributed by atoms with van der Waals surface area (Å²) in [7, 11) is 0. The Labute approximate surface area is 263 Å². The zero-order valence-corrected chi connectivity index (χ0v) is 25.7. The number of rotatable bonds is 14. The van der Waals surface area contributed by atoms with Gasteiger partial charge in [0.25, 0.3) is 17.1 Å². The molecule has 0 bridgehead atoms. The van der Waals surface area contributed by atoms with Crippen molar-refractivity contribution >= 4 is 39.8 Å². The highest BCUT2D eigenvalue weighted by Gasteiger charge is 2.43. The smallest absolute Gasteiger partial charge is 0.393 e. The van der Waals surface area contributed by atoms with Gasteiger partial charge in [0.15, 0.2) is 11.4 Å². The third-order valence-corrected chi connectivity index (χ3v) is 6.55. The Bertz CT molecular complexity index is 1430. The van der Waals surface area contributed by atoms with Crippen molar-refractivity contribution in [3.63, 3.8) is 0 Å². The van der Waals surface area contributed by atoms with Crippen molar-refractivity contribution in [3.8, 4) is 0 Å². The predicted octanol–water partition coefficient (Wildman–Crippen LogP) is 7.88. The van der Waals surface area contributed by atoms with E-state index in [0.29, 0.717) is 31.4 Å². The van der Waals surface area contributed by atoms with E-state index in [2.05, 4.69) is 0 Å². The lowest BCUT2D eigenvalue weighted by Crippen LogP contribution is -2.27. The minimum absolute atomic E-state index is 0.201. The van der Waals surface area contributed by atoms with E-state index in [1.54, 1.807) is 20.8 Å². The second-order valence-corrected chi connectivity index (χ2v) is 9.86. The lowest BCUT2D eigenvalue weighted by molar-refractivity contribution is -0.393. The monoisotopic (exact) mass is 685 g/mol. The Morgan fingerprint density at radius 2 is 1.09 bits per heavy atom. The fraction of sp³-hybridized carbons (Fsp3) is 0.538. The summed E-state index contributed by atoms with van der Waals surface area (Å²) in [5.41, 5.74) is -3.52. The van der Waals surface area contributed by atoms with E-state index in [4.69, 9.17) is 5.73 Å². The largest absolute Gasteiger partial charge is 0.418 e. The van der Waals surface area contributed by atoms with Crippen LogP contribution in [-0.4, -0.2) is 45.9 Å². The molecule has 0 saturated carbocycles. The van der Waals surface area contributed by atoms with E-state index in [0.717, 1.165) is 6.42 Å². The molecule has 0 unspecified atom stereocenters. The fourth-order valence-corrected chi connectivity index (χ4v) is 4.55. The van der Waals surface area contributed by atoms with Crippen molar-refractivity contribution in [2.75, 3.05) is 41.7 Å². The van der Waals surface area contributed by atoms with Gasteiger partial charge in [-0.1, -0.05) is 27.2 Å². The van der Waals surface area contributed by atoms with Crippen molar-refractivity contribution in [3.05, 3.63) is 69.8 Å². The molecule has 0 atom stereocenters. The molecule has 2 rings (SSSR count). The number of nitro benzene ring substituents is 4. The standard InChI is InChI=1S/C13H17F3N4O4.C13H16F3N3O4/c1-3-5-18(6-4-2)11-9(19(21)22)7-8(13(14,15)16)10(17)12(11)20(23)24;1-3-5-6-17(4-2)12-10(18(20)21)7-9(13(14,15)16)8-11(12)19(22)23/h7H,3-6,17H2,1-2H3;7-8H,3-6H2,1-2H3. The van der Waals surface area contributed by atoms with Crippen molar-refractivity contribution in [1.29, 1.82) is 0 Å². The van der Waals surface area contributed by atoms with E-state index < -0.39 is 77.3 Å². The lowest BCUT2D eigenvalue weighted by Gasteiger charge is -2.24. The van der Waals surface area contributed by atoms with Crippen LogP contribution in [0.4, 0.5) is 66.2 Å². The number of nitrogen functional groups attached to an aromatic ring is 1. The second kappa shape index (κ2) is 16.5. The summed E-state index contributed by atoms with van der Waals surface area (Å²) in [6, 6.07) is 0.948. The molecule has 0 radical (unpaired) electrons. The van der Waals surface area contributed by atoms with Gasteiger partial charge in [-0.2, -0.15) is 26.3 Å². The fourth-order valence-electron chi connectivity index (χ4n) is 4.55. The summed E-state index contributed by atoms with van der Waals surface area (Å²) in [5, 5.41) is 44.9. The number of nitro groups is 4. The maximum atomic E-state index is 13.0. The van der Waals surface area contributed by atoms with Crippen LogP contribution in [0.2, 0.25) is 0 Å². The zero-order chi connectivity index (χ0) is 36.4. The van der Waals surface area contributed by atoms with Crippen molar-refractivity contribution in [2.45, 2.75) is 65.7 Å². The number of hydrogen-bond acceptors (Lipinski definition) is 11. The third-order valence-electron chi connectivity index (χ3n) is 6.55. The maximum Gasteiger partial charge on any atom is 0.418 e. The Hall–Kier alpha value is -4.98. The van der Waals surface area contributed by atoms with Crippen LogP contribution in [-0.2, 0) is 12.4 Å². The Balaban J connectivity index is 0.000000470. The van der Waals surface area contributed by atoms with E-state index in [1.165, 1.54) is 9.80 Å². The van der Waals surface area contributed by atoms with Gasteiger partial charge in [0.1, 0.15) is 5.69 Å². The van der Waals surface area contributed by atoms with Gasteiger partial charge in [-0.25, -0.2) is 0 Å². The van der Waals surface area contributed by atoms with Crippen LogP contribution < -0.4 is 15.5 Å². The topological polar surface area (TPSA) is 205 Å². The van der Waals surface area contributed by atoms with E-state index in [1.807, 2.05) is 6.92 Å². The first kappa shape index (κ1) is 40.0. The third kappa shape index (κ3) is 10.0. The zero-order valence-electron chi connectivity index (χ0n) is 25.7. The summed E-state index contributed by atoms with van der Waals surface area (Å²) in [5.74, 6) is 0. The van der Waals surface area contributed by atoms with Gasteiger partial charge < -0.3 is 15.5 Å². The number of anilines is 3. The molecule has 0 aromatic heterocycles. The molecule has 0 spiro atoms. The number of halogens is 6. The average molecular weight is 686 g/mol. The Morgan fingerprint density at radius 3 is 1.40 bits per heavy atom. The number of alkyl halides is 6. The van der Waals surface area contributed by atoms with Gasteiger partial charge in [0.2, 0.25) is 0 Å². The van der Waals surface area contributed by atoms with Gasteiger partial charge in [0, 0.05) is 44.4 Å². The summed E-state index contributed by atoms with van der Waals surface area (Å²) < 4.78 is 77.6. The normalized spacial score (nSPS) is 11.4. The molecule has 0 aliphatic carbocycles. The molecule has 0 aliphatic rings. The number of nitrogens with two attached hydrogens (primary N) is 1. The quantitative estimate of drug-likeness (QED) is 0.0876. The summed E-state index contributed by atoms with van der Waals surface area (Å²) >= 11 is 0. The van der Waals surface area contributed by atoms with Crippen LogP contribution in [0.25, 0.3) is 0 Å². The summed E-state index contributed by atoms with van der Waals surface area (Å²) in [6.45, 7) is 7.87. The van der Waals surface area contributed by atoms with Gasteiger partial charge in [-0.3, -0.25) is 40.5 Å². The average Bonchev–Trinajstić information content (AvgIpc) is 2.95. The molecule has 47 heavy (non-hydrogen) atoms. The number of benzene rings is 2. The van der Waals surface area contributed by atoms with Crippen LogP contribution in [0.15, 0.2) is 18.2 Å². The molecule has 2 aromatic carbocycles. The number of unbranched alkanes of at least 4 members (excludes halogenated alkanes) is 1. The molecule has 262 valence electrons. The summed E-state index contributed by atoms with van der Waals surface area (Å²) in [6.07, 6.45) is -7.63. The Kier molecular flexibility index (Phi) is 14.1. The van der Waals surface area contributed by atoms with Crippen LogP contribution >= 0.6 is 0 Å². The van der Waals surface area contributed by atoms with E-state index >= 15 is 0 Å². The highest BCUT2D eigenvalue weighted by atomic mass is 19.4. The molecule has 0 aliphatic heterocycles. The minimum Gasteiger partial charge on any atom is -0.393 e. The molecule has 0 saturated heterocycles. The molecular weight excluding hydrogens is 652 g/mol. The Morgan fingerprint density at radius 1 is 0.638 bits per heavy atom. The van der Waals surface area contributed by atoms with Gasteiger partial charge in [-0.15, -0.1) is 0 Å². The molecule has 21 heteroatoms. The van der Waals surface area contributed by atoms with Crippen LogP contribution in [0.5, 0.6) is 0 Å². The molecule has 2 aromatic rings. The molecule has 0 amide bonds. The second-order valence-electron chi connectivity index (χ2n) is 9.86. The minimum atomic E-state index is -5.04. The molecule has 0 fully saturated rings. The first-order valence-corrected chi connectivity index (χ1v) is 14.1. The molecule has 15 nitrogen and oxygen atoms in total. The first-order valence-electron chi connectivity index (χ1n) is 14.1. The highest BCUT2D eigenvalue weighted by Crippen LogP contribution is 2.48. The number of nitrogens with zero attached hydrogens (tertiary/aromatic N) is 6. The highest BCUT2D eigenvalue weighted by molar-refractivity contribution is 5.86. The lowest BCUT2D eigenvalue weighted by atomic mass is 10.1. The molecule has 0 heterocycles. The maximum absolute atomic E-state index is 13.0. The van der Waals surface area contributed by atoms with Crippen molar-refractivity contribution in [2.24, 2.45) is 0 Å². The number of hydrogen-bond donors (Lipinski definition) is 1. The van der Waals surface area contributed by atoms with Crippen LogP contribution in [0, 0.1) is 40.5 Å². The van der Waals surface area contributed by atoms with E-state index in [9.17, 15) is 66.8 Å². The SMILES string of the molecule is CCCCN(CC)c1c([N+](=O)[O-])cc(C(F)(F)F)cc1[N+](=O)[O-].CCCN(CCC)c1c([N+](=O)[O-])cc(C(F)(F)F)c(N)c1[N+](=O)[O-]. The predicted molar refractivity (Wildman–Crippen MR) is 160 cm³/mol.